The molecule has 0 saturated carbocycles. The van der Waals surface area contributed by atoms with Crippen molar-refractivity contribution in [1.29, 1.82) is 0 Å². The van der Waals surface area contributed by atoms with Crippen LogP contribution in [0.5, 0.6) is 0 Å². The van der Waals surface area contributed by atoms with Gasteiger partial charge in [0, 0.05) is 22.4 Å². The van der Waals surface area contributed by atoms with Crippen molar-refractivity contribution in [3.63, 3.8) is 0 Å². The zero-order valence-electron chi connectivity index (χ0n) is 7.19. The number of unbranched alkanes of at least 4 members (excludes halogenated alkanes) is 2. The summed E-state index contributed by atoms with van der Waals surface area (Å²) in [6, 6.07) is 0. The van der Waals surface area contributed by atoms with Crippen molar-refractivity contribution in [3.05, 3.63) is 0 Å². The van der Waals surface area contributed by atoms with Crippen molar-refractivity contribution < 1.29 is 22.4 Å². The van der Waals surface area contributed by atoms with Crippen LogP contribution in [0.1, 0.15) is 39.5 Å². The van der Waals surface area contributed by atoms with Gasteiger partial charge in [0.1, 0.15) is 0 Å². The minimum atomic E-state index is 0. The molecule has 0 amide bonds. The predicted octanol–water partition coefficient (Wildman–Crippen LogP) is 2.17. The summed E-state index contributed by atoms with van der Waals surface area (Å²) < 4.78 is 0. The van der Waals surface area contributed by atoms with Crippen LogP contribution < -0.4 is 5.32 Å². The van der Waals surface area contributed by atoms with Crippen LogP contribution in [0.15, 0.2) is 0 Å². The van der Waals surface area contributed by atoms with Gasteiger partial charge in [-0.05, 0) is 25.9 Å². The van der Waals surface area contributed by atoms with E-state index in [9.17, 15) is 0 Å². The van der Waals surface area contributed by atoms with Crippen LogP contribution in [0.25, 0.3) is 0 Å². The molecule has 0 aromatic carbocycles. The fourth-order valence-electron chi connectivity index (χ4n) is 0.729. The third-order valence-electron chi connectivity index (χ3n) is 1.41. The van der Waals surface area contributed by atoms with E-state index in [1.54, 1.807) is 0 Å². The third kappa shape index (κ3) is 11.5. The fraction of sp³-hybridized carbons (Fsp3) is 1.00. The predicted molar refractivity (Wildman–Crippen MR) is 42.7 cm³/mol. The largest absolute Gasteiger partial charge is 0.317 e. The van der Waals surface area contributed by atoms with Crippen LogP contribution in [0, 0.1) is 0 Å². The summed E-state index contributed by atoms with van der Waals surface area (Å²) >= 11 is 0. The Morgan fingerprint density at radius 3 is 1.60 bits per heavy atom. The van der Waals surface area contributed by atoms with Crippen molar-refractivity contribution >= 4 is 0 Å². The number of rotatable bonds is 6. The molecule has 0 bridgehead atoms. The first-order chi connectivity index (χ1) is 4.41. The molecule has 2 heteroatoms. The van der Waals surface area contributed by atoms with E-state index in [0.717, 1.165) is 0 Å². The van der Waals surface area contributed by atoms with Crippen molar-refractivity contribution in [2.24, 2.45) is 0 Å². The molecular formula is C8H19NTa. The van der Waals surface area contributed by atoms with Crippen LogP contribution >= 0.6 is 0 Å². The summed E-state index contributed by atoms with van der Waals surface area (Å²) in [4.78, 5) is 0. The normalized spacial score (nSPS) is 9.00. The summed E-state index contributed by atoms with van der Waals surface area (Å²) in [6.07, 6.45) is 5.26. The fourth-order valence-corrected chi connectivity index (χ4v) is 0.729. The molecule has 1 N–H and O–H groups in total. The monoisotopic (exact) mass is 310 g/mol. The number of hydrogen-bond donors (Lipinski definition) is 1. The Morgan fingerprint density at radius 1 is 0.900 bits per heavy atom. The molecule has 0 spiro atoms. The van der Waals surface area contributed by atoms with Gasteiger partial charge in [-0.1, -0.05) is 26.7 Å². The van der Waals surface area contributed by atoms with E-state index < -0.39 is 0 Å². The average Bonchev–Trinajstić information content (AvgIpc) is 1.89. The second kappa shape index (κ2) is 12.4. The van der Waals surface area contributed by atoms with Crippen LogP contribution in [0.3, 0.4) is 0 Å². The third-order valence-corrected chi connectivity index (χ3v) is 1.41. The van der Waals surface area contributed by atoms with Gasteiger partial charge in [0.15, 0.2) is 0 Å². The molecule has 0 aliphatic heterocycles. The minimum absolute atomic E-state index is 0. The van der Waals surface area contributed by atoms with E-state index in [-0.39, 0.29) is 22.4 Å². The number of hydrogen-bond acceptors (Lipinski definition) is 1. The first kappa shape index (κ1) is 13.3. The van der Waals surface area contributed by atoms with E-state index >= 15 is 0 Å². The molecule has 0 rings (SSSR count). The minimum Gasteiger partial charge on any atom is -0.317 e. The summed E-state index contributed by atoms with van der Waals surface area (Å²) in [5.74, 6) is 0. The van der Waals surface area contributed by atoms with Crippen LogP contribution in [0.2, 0.25) is 0 Å². The van der Waals surface area contributed by atoms with Gasteiger partial charge in [-0.15, -0.1) is 0 Å². The molecule has 0 unspecified atom stereocenters. The Bertz CT molecular complexity index is 42.5. The Hall–Kier alpha value is 0.700. The van der Waals surface area contributed by atoms with Gasteiger partial charge in [-0.2, -0.15) is 0 Å². The molecule has 0 heterocycles. The van der Waals surface area contributed by atoms with Gasteiger partial charge in [0.25, 0.3) is 0 Å². The molecule has 0 aliphatic carbocycles. The summed E-state index contributed by atoms with van der Waals surface area (Å²) in [5.41, 5.74) is 0. The van der Waals surface area contributed by atoms with Crippen molar-refractivity contribution in [1.82, 2.24) is 5.32 Å². The van der Waals surface area contributed by atoms with Crippen LogP contribution in [0.4, 0.5) is 0 Å². The Labute approximate surface area is 80.5 Å². The molecule has 0 aromatic rings. The maximum atomic E-state index is 3.39. The van der Waals surface area contributed by atoms with Gasteiger partial charge in [0.05, 0.1) is 0 Å². The van der Waals surface area contributed by atoms with Gasteiger partial charge in [-0.25, -0.2) is 0 Å². The van der Waals surface area contributed by atoms with Crippen LogP contribution in [-0.4, -0.2) is 13.1 Å². The molecule has 0 saturated heterocycles. The number of nitrogens with one attached hydrogen (secondary N) is 1. The molecule has 0 atom stereocenters. The standard InChI is InChI=1S/C8H19N.Ta/c1-3-5-7-9-8-6-4-2;/h9H,3-8H2,1-2H3;. The van der Waals surface area contributed by atoms with Gasteiger partial charge in [0.2, 0.25) is 0 Å². The van der Waals surface area contributed by atoms with E-state index in [4.69, 9.17) is 0 Å². The van der Waals surface area contributed by atoms with E-state index in [1.165, 1.54) is 38.8 Å². The zero-order chi connectivity index (χ0) is 6.95. The average molecular weight is 310 g/mol. The maximum Gasteiger partial charge on any atom is 0 e. The zero-order valence-corrected chi connectivity index (χ0v) is 10.4. The molecule has 61 valence electrons. The molecule has 1 nitrogen and oxygen atoms in total. The molecular weight excluding hydrogens is 291 g/mol. The summed E-state index contributed by atoms with van der Waals surface area (Å²) in [7, 11) is 0. The molecule has 0 fully saturated rings. The Kier molecular flexibility index (Phi) is 16.5. The van der Waals surface area contributed by atoms with Crippen molar-refractivity contribution in [2.75, 3.05) is 13.1 Å². The topological polar surface area (TPSA) is 12.0 Å². The quantitative estimate of drug-likeness (QED) is 0.742. The summed E-state index contributed by atoms with van der Waals surface area (Å²) in [5, 5.41) is 3.39. The van der Waals surface area contributed by atoms with Gasteiger partial charge >= 0.3 is 0 Å². The first-order valence-corrected chi connectivity index (χ1v) is 4.12. The molecule has 0 aliphatic rings. The van der Waals surface area contributed by atoms with Crippen molar-refractivity contribution in [2.45, 2.75) is 39.5 Å². The first-order valence-electron chi connectivity index (χ1n) is 4.12. The Balaban J connectivity index is 0. The summed E-state index contributed by atoms with van der Waals surface area (Å²) in [6.45, 7) is 6.86. The maximum absolute atomic E-state index is 3.39. The van der Waals surface area contributed by atoms with Gasteiger partial charge in [-0.3, -0.25) is 0 Å². The second-order valence-corrected chi connectivity index (χ2v) is 2.46. The van der Waals surface area contributed by atoms with Crippen LogP contribution in [-0.2, 0) is 22.4 Å². The van der Waals surface area contributed by atoms with E-state index in [1.807, 2.05) is 0 Å². The van der Waals surface area contributed by atoms with Crippen molar-refractivity contribution in [3.8, 4) is 0 Å². The SMILES string of the molecule is CCCCNCCCC.[Ta]. The van der Waals surface area contributed by atoms with E-state index in [0.29, 0.717) is 0 Å². The van der Waals surface area contributed by atoms with E-state index in [2.05, 4.69) is 19.2 Å². The molecule has 1 radical (unpaired) electrons. The smallest absolute Gasteiger partial charge is 0 e. The van der Waals surface area contributed by atoms with Gasteiger partial charge < -0.3 is 5.32 Å². The second-order valence-electron chi connectivity index (χ2n) is 2.46. The Morgan fingerprint density at radius 2 is 1.30 bits per heavy atom. The molecule has 0 aromatic heterocycles. The molecule has 10 heavy (non-hydrogen) atoms.